The summed E-state index contributed by atoms with van der Waals surface area (Å²) in [5.41, 5.74) is 2.07. The Labute approximate surface area is 134 Å². The van der Waals surface area contributed by atoms with Gasteiger partial charge in [0.05, 0.1) is 12.2 Å². The summed E-state index contributed by atoms with van der Waals surface area (Å²) in [6.45, 7) is 2.67. The highest BCUT2D eigenvalue weighted by molar-refractivity contribution is 9.10. The first kappa shape index (κ1) is 14.3. The number of hydrogen-bond acceptors (Lipinski definition) is 3. The Morgan fingerprint density at radius 2 is 2.24 bits per heavy atom. The molecule has 1 aromatic carbocycles. The number of carboxylic acids is 1. The van der Waals surface area contributed by atoms with Crippen molar-refractivity contribution >= 4 is 43.5 Å². The van der Waals surface area contributed by atoms with Crippen LogP contribution in [0.5, 0.6) is 0 Å². The number of carbonyl (C=O) groups is 1. The van der Waals surface area contributed by atoms with Crippen molar-refractivity contribution in [2.45, 2.75) is 19.9 Å². The molecule has 4 nitrogen and oxygen atoms in total. The molecule has 1 N–H and O–H groups in total. The van der Waals surface area contributed by atoms with E-state index in [1.54, 1.807) is 6.07 Å². The second kappa shape index (κ2) is 5.61. The van der Waals surface area contributed by atoms with Crippen LogP contribution < -0.4 is 0 Å². The number of nitrogens with zero attached hydrogens (tertiary/aromatic N) is 2. The summed E-state index contributed by atoms with van der Waals surface area (Å²) in [5, 5.41) is 14.7. The molecule has 3 rings (SSSR count). The smallest absolute Gasteiger partial charge is 0.345 e. The summed E-state index contributed by atoms with van der Waals surface area (Å²) in [7, 11) is 0. The Kier molecular flexibility index (Phi) is 3.82. The Morgan fingerprint density at radius 3 is 2.90 bits per heavy atom. The van der Waals surface area contributed by atoms with E-state index in [0.29, 0.717) is 11.4 Å². The lowest BCUT2D eigenvalue weighted by Crippen LogP contribution is -2.01. The highest BCUT2D eigenvalue weighted by Crippen LogP contribution is 2.29. The zero-order valence-corrected chi connectivity index (χ0v) is 13.7. The molecule has 2 heterocycles. The Balaban J connectivity index is 2.07. The molecule has 0 aliphatic rings. The van der Waals surface area contributed by atoms with Crippen LogP contribution in [-0.2, 0) is 13.0 Å². The predicted octanol–water partition coefficient (Wildman–Crippen LogP) is 4.17. The molecule has 108 valence electrons. The van der Waals surface area contributed by atoms with Gasteiger partial charge < -0.3 is 5.11 Å². The van der Waals surface area contributed by atoms with Crippen LogP contribution in [0.1, 0.15) is 27.9 Å². The van der Waals surface area contributed by atoms with Gasteiger partial charge in [-0.1, -0.05) is 35.0 Å². The number of aromatic carboxylic acids is 1. The summed E-state index contributed by atoms with van der Waals surface area (Å²) in [6.07, 6.45) is 0.789. The third-order valence-electron chi connectivity index (χ3n) is 3.27. The first-order chi connectivity index (χ1) is 10.1. The monoisotopic (exact) mass is 364 g/mol. The second-order valence-electron chi connectivity index (χ2n) is 4.72. The van der Waals surface area contributed by atoms with E-state index in [2.05, 4.69) is 21.0 Å². The average Bonchev–Trinajstić information content (AvgIpc) is 2.99. The van der Waals surface area contributed by atoms with Crippen molar-refractivity contribution in [3.63, 3.8) is 0 Å². The van der Waals surface area contributed by atoms with Gasteiger partial charge >= 0.3 is 5.97 Å². The number of thiophene rings is 1. The molecule has 21 heavy (non-hydrogen) atoms. The number of aromatic nitrogens is 2. The molecule has 0 aliphatic heterocycles. The maximum absolute atomic E-state index is 11.2. The molecular weight excluding hydrogens is 352 g/mol. The Hall–Kier alpha value is -1.66. The molecule has 3 aromatic rings. The highest BCUT2D eigenvalue weighted by Gasteiger charge is 2.16. The largest absolute Gasteiger partial charge is 0.477 e. The fourth-order valence-electron chi connectivity index (χ4n) is 2.31. The van der Waals surface area contributed by atoms with Gasteiger partial charge in [0.15, 0.2) is 0 Å². The van der Waals surface area contributed by atoms with E-state index in [1.807, 2.05) is 35.9 Å². The quantitative estimate of drug-likeness (QED) is 0.755. The normalized spacial score (nSPS) is 11.1. The van der Waals surface area contributed by atoms with Gasteiger partial charge in [-0.3, -0.25) is 4.68 Å². The van der Waals surface area contributed by atoms with Gasteiger partial charge in [-0.05, 0) is 30.2 Å². The molecule has 0 saturated carbocycles. The molecular formula is C15H13BrN2O2S. The summed E-state index contributed by atoms with van der Waals surface area (Å²) < 4.78 is 2.92. The van der Waals surface area contributed by atoms with Gasteiger partial charge in [-0.15, -0.1) is 11.3 Å². The summed E-state index contributed by atoms with van der Waals surface area (Å²) in [5.74, 6) is -0.882. The van der Waals surface area contributed by atoms with Crippen molar-refractivity contribution in [2.75, 3.05) is 0 Å². The zero-order chi connectivity index (χ0) is 15.0. The molecule has 2 aromatic heterocycles. The molecule has 6 heteroatoms. The number of halogens is 1. The standard InChI is InChI=1S/C15H13BrN2O2S/c1-2-12-11-7-13(15(19)20)21-14(11)18(17-12)8-9-4-3-5-10(16)6-9/h3-7H,2,8H2,1H3,(H,19,20). The van der Waals surface area contributed by atoms with Crippen LogP contribution in [0.2, 0.25) is 0 Å². The fraction of sp³-hybridized carbons (Fsp3) is 0.200. The van der Waals surface area contributed by atoms with Gasteiger partial charge in [-0.2, -0.15) is 5.10 Å². The number of rotatable bonds is 4. The van der Waals surface area contributed by atoms with Crippen LogP contribution >= 0.6 is 27.3 Å². The van der Waals surface area contributed by atoms with E-state index in [-0.39, 0.29) is 0 Å². The van der Waals surface area contributed by atoms with E-state index in [9.17, 15) is 4.79 Å². The maximum Gasteiger partial charge on any atom is 0.345 e. The number of benzene rings is 1. The third kappa shape index (κ3) is 2.73. The van der Waals surface area contributed by atoms with E-state index in [0.717, 1.165) is 32.4 Å². The van der Waals surface area contributed by atoms with E-state index in [4.69, 9.17) is 5.11 Å². The summed E-state index contributed by atoms with van der Waals surface area (Å²) >= 11 is 4.74. The van der Waals surface area contributed by atoms with Crippen LogP contribution in [0.4, 0.5) is 0 Å². The topological polar surface area (TPSA) is 55.1 Å². The molecule has 0 radical (unpaired) electrons. The lowest BCUT2D eigenvalue weighted by Gasteiger charge is -2.03. The highest BCUT2D eigenvalue weighted by atomic mass is 79.9. The van der Waals surface area contributed by atoms with Gasteiger partial charge in [-0.25, -0.2) is 4.79 Å². The second-order valence-corrected chi connectivity index (χ2v) is 6.67. The SMILES string of the molecule is CCc1nn(Cc2cccc(Br)c2)c2sc(C(=O)O)cc12. The minimum Gasteiger partial charge on any atom is -0.477 e. The summed E-state index contributed by atoms with van der Waals surface area (Å²) in [4.78, 5) is 12.4. The van der Waals surface area contributed by atoms with Crippen LogP contribution in [0.3, 0.4) is 0 Å². The molecule has 0 atom stereocenters. The number of aryl methyl sites for hydroxylation is 1. The number of carboxylic acid groups (broad SMARTS) is 1. The van der Waals surface area contributed by atoms with Crippen molar-refractivity contribution in [2.24, 2.45) is 0 Å². The minimum absolute atomic E-state index is 0.361. The number of fused-ring (bicyclic) bond motifs is 1. The Bertz CT molecular complexity index is 822. The van der Waals surface area contributed by atoms with Crippen molar-refractivity contribution in [1.82, 2.24) is 9.78 Å². The molecule has 0 saturated heterocycles. The maximum atomic E-state index is 11.2. The van der Waals surface area contributed by atoms with E-state index < -0.39 is 5.97 Å². The van der Waals surface area contributed by atoms with Crippen molar-refractivity contribution < 1.29 is 9.90 Å². The lowest BCUT2D eigenvalue weighted by molar-refractivity contribution is 0.0702. The first-order valence-electron chi connectivity index (χ1n) is 6.55. The van der Waals surface area contributed by atoms with Crippen molar-refractivity contribution in [1.29, 1.82) is 0 Å². The van der Waals surface area contributed by atoms with Crippen molar-refractivity contribution in [3.05, 3.63) is 50.9 Å². The van der Waals surface area contributed by atoms with Gasteiger partial charge in [0.25, 0.3) is 0 Å². The van der Waals surface area contributed by atoms with Gasteiger partial charge in [0, 0.05) is 9.86 Å². The average molecular weight is 365 g/mol. The molecule has 0 fully saturated rings. The Morgan fingerprint density at radius 1 is 1.43 bits per heavy atom. The van der Waals surface area contributed by atoms with Crippen LogP contribution in [0.15, 0.2) is 34.8 Å². The van der Waals surface area contributed by atoms with Gasteiger partial charge in [0.1, 0.15) is 9.71 Å². The predicted molar refractivity (Wildman–Crippen MR) is 87.2 cm³/mol. The fourth-order valence-corrected chi connectivity index (χ4v) is 3.72. The first-order valence-corrected chi connectivity index (χ1v) is 8.16. The van der Waals surface area contributed by atoms with Crippen LogP contribution in [0.25, 0.3) is 10.2 Å². The van der Waals surface area contributed by atoms with E-state index in [1.165, 1.54) is 11.3 Å². The molecule has 0 unspecified atom stereocenters. The lowest BCUT2D eigenvalue weighted by atomic mass is 10.2. The molecule has 0 bridgehead atoms. The van der Waals surface area contributed by atoms with Crippen LogP contribution in [0, 0.1) is 0 Å². The molecule has 0 aliphatic carbocycles. The summed E-state index contributed by atoms with van der Waals surface area (Å²) in [6, 6.07) is 9.78. The third-order valence-corrected chi connectivity index (χ3v) is 4.90. The number of hydrogen-bond donors (Lipinski definition) is 1. The van der Waals surface area contributed by atoms with Crippen molar-refractivity contribution in [3.8, 4) is 0 Å². The van der Waals surface area contributed by atoms with Gasteiger partial charge in [0.2, 0.25) is 0 Å². The van der Waals surface area contributed by atoms with E-state index >= 15 is 0 Å². The minimum atomic E-state index is -0.882. The molecule has 0 spiro atoms. The van der Waals surface area contributed by atoms with Crippen LogP contribution in [-0.4, -0.2) is 20.9 Å². The molecule has 0 amide bonds. The zero-order valence-electron chi connectivity index (χ0n) is 11.3.